The lowest BCUT2D eigenvalue weighted by Crippen LogP contribution is -2.05. The van der Waals surface area contributed by atoms with Crippen LogP contribution in [0.1, 0.15) is 42.9 Å². The first-order chi connectivity index (χ1) is 9.15. The summed E-state index contributed by atoms with van der Waals surface area (Å²) in [7, 11) is 0. The summed E-state index contributed by atoms with van der Waals surface area (Å²) in [5.74, 6) is 1.36. The van der Waals surface area contributed by atoms with Crippen molar-refractivity contribution in [1.29, 1.82) is 0 Å². The predicted molar refractivity (Wildman–Crippen MR) is 83.5 cm³/mol. The lowest BCUT2D eigenvalue weighted by Gasteiger charge is -2.18. The third-order valence-electron chi connectivity index (χ3n) is 3.79. The van der Waals surface area contributed by atoms with Crippen LogP contribution in [0.4, 0.5) is 0 Å². The van der Waals surface area contributed by atoms with E-state index in [0.717, 1.165) is 5.92 Å². The van der Waals surface area contributed by atoms with E-state index in [1.165, 1.54) is 29.5 Å². The number of rotatable bonds is 5. The molecule has 0 amide bonds. The van der Waals surface area contributed by atoms with Gasteiger partial charge < -0.3 is 0 Å². The first-order valence-corrected chi connectivity index (χ1v) is 7.25. The maximum atomic E-state index is 2.36. The molecule has 0 spiro atoms. The van der Waals surface area contributed by atoms with E-state index in [2.05, 4.69) is 75.4 Å². The molecule has 0 fully saturated rings. The predicted octanol–water partition coefficient (Wildman–Crippen LogP) is 5.37. The highest BCUT2D eigenvalue weighted by Crippen LogP contribution is 2.25. The molecule has 0 N–H and O–H groups in total. The smallest absolute Gasteiger partial charge is 0.0188 e. The van der Waals surface area contributed by atoms with Gasteiger partial charge >= 0.3 is 0 Å². The molecule has 2 aromatic rings. The highest BCUT2D eigenvalue weighted by atomic mass is 14.2. The highest BCUT2D eigenvalue weighted by Gasteiger charge is 2.11. The van der Waals surface area contributed by atoms with Crippen LogP contribution in [0, 0.1) is 12.8 Å². The van der Waals surface area contributed by atoms with Crippen molar-refractivity contribution < 1.29 is 0 Å². The Kier molecular flexibility index (Phi) is 4.79. The van der Waals surface area contributed by atoms with E-state index >= 15 is 0 Å². The second kappa shape index (κ2) is 6.56. The average molecular weight is 252 g/mol. The monoisotopic (exact) mass is 252 g/mol. The first-order valence-electron chi connectivity index (χ1n) is 7.25. The zero-order chi connectivity index (χ0) is 13.7. The molecule has 0 heteroatoms. The molecule has 0 bridgehead atoms. The van der Waals surface area contributed by atoms with Crippen LogP contribution in [0.5, 0.6) is 0 Å². The summed E-state index contributed by atoms with van der Waals surface area (Å²) in [4.78, 5) is 0. The Morgan fingerprint density at radius 3 is 2.32 bits per heavy atom. The van der Waals surface area contributed by atoms with Gasteiger partial charge in [0.15, 0.2) is 0 Å². The normalized spacial score (nSPS) is 14.1. The molecule has 0 radical (unpaired) electrons. The topological polar surface area (TPSA) is 0 Å². The van der Waals surface area contributed by atoms with Crippen molar-refractivity contribution in [2.24, 2.45) is 5.92 Å². The maximum absolute atomic E-state index is 2.36. The molecule has 0 saturated carbocycles. The quantitative estimate of drug-likeness (QED) is 0.671. The molecule has 0 nitrogen and oxygen atoms in total. The van der Waals surface area contributed by atoms with Crippen LogP contribution in [-0.4, -0.2) is 0 Å². The fourth-order valence-electron chi connectivity index (χ4n) is 2.85. The largest absolute Gasteiger partial charge is 0.0622 e. The van der Waals surface area contributed by atoms with Crippen LogP contribution in [0.3, 0.4) is 0 Å². The fourth-order valence-corrected chi connectivity index (χ4v) is 2.85. The van der Waals surface area contributed by atoms with Gasteiger partial charge in [-0.15, -0.1) is 0 Å². The van der Waals surface area contributed by atoms with Crippen molar-refractivity contribution in [2.75, 3.05) is 0 Å². The summed E-state index contributed by atoms with van der Waals surface area (Å²) in [5.41, 5.74) is 4.28. The van der Waals surface area contributed by atoms with Crippen LogP contribution in [0.15, 0.2) is 54.6 Å². The minimum absolute atomic E-state index is 0.640. The second-order valence-corrected chi connectivity index (χ2v) is 5.85. The maximum Gasteiger partial charge on any atom is -0.0188 e. The van der Waals surface area contributed by atoms with E-state index in [0.29, 0.717) is 5.92 Å². The van der Waals surface area contributed by atoms with Gasteiger partial charge in [0, 0.05) is 0 Å². The molecule has 2 aromatic carbocycles. The van der Waals surface area contributed by atoms with Gasteiger partial charge in [0.25, 0.3) is 0 Å². The average Bonchev–Trinajstić information content (AvgIpc) is 2.39. The third-order valence-corrected chi connectivity index (χ3v) is 3.79. The summed E-state index contributed by atoms with van der Waals surface area (Å²) in [6.45, 7) is 6.87. The van der Waals surface area contributed by atoms with Gasteiger partial charge in [-0.3, -0.25) is 0 Å². The second-order valence-electron chi connectivity index (χ2n) is 5.85. The molecular formula is C19H24. The van der Waals surface area contributed by atoms with Crippen LogP contribution in [-0.2, 0) is 6.42 Å². The van der Waals surface area contributed by atoms with Gasteiger partial charge in [0.2, 0.25) is 0 Å². The molecule has 0 saturated heterocycles. The zero-order valence-corrected chi connectivity index (χ0v) is 12.3. The molecule has 0 aliphatic heterocycles. The SMILES string of the molecule is Cc1cccc(C[C@@H](C)C[C@H](C)c2ccccc2)c1. The minimum atomic E-state index is 0.640. The lowest BCUT2D eigenvalue weighted by atomic mass is 9.87. The van der Waals surface area contributed by atoms with E-state index in [4.69, 9.17) is 0 Å². The van der Waals surface area contributed by atoms with Crippen LogP contribution < -0.4 is 0 Å². The van der Waals surface area contributed by atoms with E-state index in [1.807, 2.05) is 0 Å². The van der Waals surface area contributed by atoms with Gasteiger partial charge in [-0.2, -0.15) is 0 Å². The Bertz CT molecular complexity index is 498. The zero-order valence-electron chi connectivity index (χ0n) is 12.3. The molecule has 100 valence electrons. The number of benzene rings is 2. The minimum Gasteiger partial charge on any atom is -0.0622 e. The molecular weight excluding hydrogens is 228 g/mol. The molecule has 2 rings (SSSR count). The van der Waals surface area contributed by atoms with Gasteiger partial charge in [-0.05, 0) is 42.7 Å². The third kappa shape index (κ3) is 4.24. The molecule has 0 heterocycles. The summed E-state index contributed by atoms with van der Waals surface area (Å²) >= 11 is 0. The van der Waals surface area contributed by atoms with Crippen molar-refractivity contribution >= 4 is 0 Å². The van der Waals surface area contributed by atoms with Crippen LogP contribution in [0.2, 0.25) is 0 Å². The molecule has 0 aromatic heterocycles. The standard InChI is InChI=1S/C19H24/c1-15-8-7-9-18(13-15)14-16(2)12-17(3)19-10-5-4-6-11-19/h4-11,13,16-17H,12,14H2,1-3H3/t16-,17-/m0/s1. The Balaban J connectivity index is 1.92. The van der Waals surface area contributed by atoms with Gasteiger partial charge in [-0.25, -0.2) is 0 Å². The summed E-state index contributed by atoms with van der Waals surface area (Å²) in [5, 5.41) is 0. The molecule has 0 unspecified atom stereocenters. The first kappa shape index (κ1) is 13.9. The Hall–Kier alpha value is -1.56. The summed E-state index contributed by atoms with van der Waals surface area (Å²) in [6, 6.07) is 19.7. The molecule has 0 aliphatic carbocycles. The van der Waals surface area contributed by atoms with Gasteiger partial charge in [0.1, 0.15) is 0 Å². The van der Waals surface area contributed by atoms with Crippen molar-refractivity contribution in [3.8, 4) is 0 Å². The summed E-state index contributed by atoms with van der Waals surface area (Å²) in [6.07, 6.45) is 2.43. The Morgan fingerprint density at radius 1 is 0.895 bits per heavy atom. The van der Waals surface area contributed by atoms with Crippen molar-refractivity contribution in [1.82, 2.24) is 0 Å². The van der Waals surface area contributed by atoms with Gasteiger partial charge in [0.05, 0.1) is 0 Å². The van der Waals surface area contributed by atoms with E-state index in [1.54, 1.807) is 0 Å². The number of aryl methyl sites for hydroxylation is 1. The molecule has 0 aliphatic rings. The Morgan fingerprint density at radius 2 is 1.63 bits per heavy atom. The van der Waals surface area contributed by atoms with Crippen LogP contribution >= 0.6 is 0 Å². The van der Waals surface area contributed by atoms with Crippen molar-refractivity contribution in [2.45, 2.75) is 39.5 Å². The van der Waals surface area contributed by atoms with Gasteiger partial charge in [-0.1, -0.05) is 74.0 Å². The van der Waals surface area contributed by atoms with Crippen molar-refractivity contribution in [3.05, 3.63) is 71.3 Å². The fraction of sp³-hybridized carbons (Fsp3) is 0.368. The number of hydrogen-bond acceptors (Lipinski definition) is 0. The Labute approximate surface area is 117 Å². The summed E-state index contributed by atoms with van der Waals surface area (Å²) < 4.78 is 0. The van der Waals surface area contributed by atoms with Crippen LogP contribution in [0.25, 0.3) is 0 Å². The molecule has 19 heavy (non-hydrogen) atoms. The van der Waals surface area contributed by atoms with E-state index in [9.17, 15) is 0 Å². The highest BCUT2D eigenvalue weighted by molar-refractivity contribution is 5.23. The molecule has 2 atom stereocenters. The van der Waals surface area contributed by atoms with Crippen molar-refractivity contribution in [3.63, 3.8) is 0 Å². The number of hydrogen-bond donors (Lipinski definition) is 0. The lowest BCUT2D eigenvalue weighted by molar-refractivity contribution is 0.482. The van der Waals surface area contributed by atoms with E-state index < -0.39 is 0 Å². The van der Waals surface area contributed by atoms with E-state index in [-0.39, 0.29) is 0 Å².